The fourth-order valence-corrected chi connectivity index (χ4v) is 4.33. The Balaban J connectivity index is 1.75. The van der Waals surface area contributed by atoms with Gasteiger partial charge >= 0.3 is 0 Å². The molecule has 3 aromatic rings. The molecule has 1 aromatic carbocycles. The maximum Gasteiger partial charge on any atom is 0.264 e. The van der Waals surface area contributed by atoms with Gasteiger partial charge < -0.3 is 10.2 Å². The number of carbonyl (C=O) groups excluding carboxylic acids is 2. The normalized spacial score (nSPS) is 10.8. The van der Waals surface area contributed by atoms with Crippen LogP contribution in [0, 0.1) is 20.8 Å². The first-order chi connectivity index (χ1) is 13.2. The van der Waals surface area contributed by atoms with Crippen LogP contribution < -0.4 is 5.32 Å². The number of hydrogen-bond acceptors (Lipinski definition) is 4. The number of carbonyl (C=O) groups is 2. The van der Waals surface area contributed by atoms with Gasteiger partial charge in [0.05, 0.1) is 26.6 Å². The fraction of sp³-hybridized carbons (Fsp3) is 0.250. The summed E-state index contributed by atoms with van der Waals surface area (Å²) in [5, 5.41) is 7.37. The van der Waals surface area contributed by atoms with Gasteiger partial charge in [-0.1, -0.05) is 6.07 Å². The van der Waals surface area contributed by atoms with Crippen LogP contribution in [0.2, 0.25) is 0 Å². The number of rotatable bonds is 5. The molecule has 0 saturated heterocycles. The van der Waals surface area contributed by atoms with Gasteiger partial charge in [0.2, 0.25) is 5.91 Å². The van der Waals surface area contributed by atoms with E-state index >= 15 is 0 Å². The average Bonchev–Trinajstić information content (AvgIpc) is 3.18. The molecule has 0 fully saturated rings. The number of nitrogens with zero attached hydrogens (tertiary/aromatic N) is 3. The van der Waals surface area contributed by atoms with E-state index in [1.54, 1.807) is 17.8 Å². The minimum absolute atomic E-state index is 0.0502. The number of hydrogen-bond donors (Lipinski definition) is 1. The quantitative estimate of drug-likeness (QED) is 0.615. The van der Waals surface area contributed by atoms with E-state index in [4.69, 9.17) is 0 Å². The number of thiophene rings is 1. The molecule has 6 nitrogen and oxygen atoms in total. The van der Waals surface area contributed by atoms with Crippen molar-refractivity contribution < 1.29 is 9.59 Å². The van der Waals surface area contributed by atoms with Crippen LogP contribution in [0.3, 0.4) is 0 Å². The highest BCUT2D eigenvalue weighted by molar-refractivity contribution is 9.11. The molecule has 0 atom stereocenters. The molecule has 0 aliphatic heterocycles. The fourth-order valence-electron chi connectivity index (χ4n) is 2.95. The number of halogens is 1. The van der Waals surface area contributed by atoms with Gasteiger partial charge in [0.15, 0.2) is 0 Å². The second kappa shape index (κ2) is 8.28. The second-order valence-corrected chi connectivity index (χ2v) is 9.20. The van der Waals surface area contributed by atoms with Crippen molar-refractivity contribution in [2.75, 3.05) is 18.9 Å². The number of benzene rings is 1. The lowest BCUT2D eigenvalue weighted by molar-refractivity contribution is -0.116. The van der Waals surface area contributed by atoms with Crippen molar-refractivity contribution in [3.8, 4) is 5.69 Å². The first-order valence-corrected chi connectivity index (χ1v) is 10.3. The van der Waals surface area contributed by atoms with E-state index in [-0.39, 0.29) is 18.4 Å². The van der Waals surface area contributed by atoms with E-state index in [1.165, 1.54) is 16.2 Å². The summed E-state index contributed by atoms with van der Waals surface area (Å²) in [7, 11) is 1.61. The molecule has 28 heavy (non-hydrogen) atoms. The lowest BCUT2D eigenvalue weighted by Gasteiger charge is -2.16. The van der Waals surface area contributed by atoms with Gasteiger partial charge in [-0.3, -0.25) is 9.59 Å². The van der Waals surface area contributed by atoms with E-state index in [1.807, 2.05) is 45.0 Å². The largest absolute Gasteiger partial charge is 0.332 e. The van der Waals surface area contributed by atoms with Gasteiger partial charge in [-0.15, -0.1) is 11.3 Å². The highest BCUT2D eigenvalue weighted by Gasteiger charge is 2.18. The third kappa shape index (κ3) is 4.69. The van der Waals surface area contributed by atoms with Crippen molar-refractivity contribution in [1.29, 1.82) is 0 Å². The molecule has 1 N–H and O–H groups in total. The Labute approximate surface area is 176 Å². The van der Waals surface area contributed by atoms with Crippen LogP contribution in [-0.2, 0) is 4.79 Å². The maximum atomic E-state index is 12.5. The van der Waals surface area contributed by atoms with Crippen LogP contribution in [-0.4, -0.2) is 40.1 Å². The van der Waals surface area contributed by atoms with Crippen molar-refractivity contribution in [2.24, 2.45) is 0 Å². The number of likely N-dealkylation sites (N-methyl/N-ethyl adjacent to an activating group) is 1. The molecule has 2 aromatic heterocycles. The van der Waals surface area contributed by atoms with Crippen LogP contribution in [0.1, 0.15) is 26.5 Å². The van der Waals surface area contributed by atoms with E-state index in [0.717, 1.165) is 26.3 Å². The Morgan fingerprint density at radius 1 is 1.14 bits per heavy atom. The molecule has 0 aliphatic carbocycles. The lowest BCUT2D eigenvalue weighted by Crippen LogP contribution is -2.34. The highest BCUT2D eigenvalue weighted by Crippen LogP contribution is 2.23. The van der Waals surface area contributed by atoms with Crippen molar-refractivity contribution in [3.05, 3.63) is 61.9 Å². The molecule has 0 bridgehead atoms. The number of anilines is 1. The standard InChI is InChI=1S/C20H21BrN4O2S/c1-12-7-13(2)9-15(8-12)25-18(10-14(3)23-25)22-19(26)11-24(4)20(27)16-5-6-17(21)28-16/h5-10H,11H2,1-4H3,(H,22,26). The first kappa shape index (κ1) is 20.3. The molecule has 0 unspecified atom stereocenters. The Morgan fingerprint density at radius 2 is 1.82 bits per heavy atom. The summed E-state index contributed by atoms with van der Waals surface area (Å²) in [6, 6.07) is 11.5. The van der Waals surface area contributed by atoms with E-state index in [0.29, 0.717) is 10.7 Å². The van der Waals surface area contributed by atoms with Crippen LogP contribution in [0.25, 0.3) is 5.69 Å². The summed E-state index contributed by atoms with van der Waals surface area (Å²) >= 11 is 4.69. The molecule has 0 spiro atoms. The predicted molar refractivity (Wildman–Crippen MR) is 115 cm³/mol. The zero-order valence-corrected chi connectivity index (χ0v) is 18.5. The highest BCUT2D eigenvalue weighted by atomic mass is 79.9. The molecule has 8 heteroatoms. The summed E-state index contributed by atoms with van der Waals surface area (Å²) in [5.74, 6) is 0.106. The predicted octanol–water partition coefficient (Wildman–Crippen LogP) is 4.33. The first-order valence-electron chi connectivity index (χ1n) is 8.69. The smallest absolute Gasteiger partial charge is 0.264 e. The lowest BCUT2D eigenvalue weighted by atomic mass is 10.1. The third-order valence-corrected chi connectivity index (χ3v) is 5.67. The van der Waals surface area contributed by atoms with Crippen LogP contribution in [0.15, 0.2) is 40.2 Å². The number of nitrogens with one attached hydrogen (secondary N) is 1. The molecule has 2 heterocycles. The minimum atomic E-state index is -0.281. The second-order valence-electron chi connectivity index (χ2n) is 6.74. The SMILES string of the molecule is Cc1cc(C)cc(-n2nc(C)cc2NC(=O)CN(C)C(=O)c2ccc(Br)s2)c1. The summed E-state index contributed by atoms with van der Waals surface area (Å²) < 4.78 is 2.59. The summed E-state index contributed by atoms with van der Waals surface area (Å²) in [6.45, 7) is 5.87. The molecule has 146 valence electrons. The van der Waals surface area contributed by atoms with Crippen LogP contribution in [0.5, 0.6) is 0 Å². The summed E-state index contributed by atoms with van der Waals surface area (Å²) in [4.78, 5) is 27.0. The van der Waals surface area contributed by atoms with Gasteiger partial charge in [0.1, 0.15) is 5.82 Å². The van der Waals surface area contributed by atoms with E-state index in [2.05, 4.69) is 32.4 Å². The monoisotopic (exact) mass is 460 g/mol. The Hall–Kier alpha value is -2.45. The number of aromatic nitrogens is 2. The molecular weight excluding hydrogens is 440 g/mol. The summed E-state index contributed by atoms with van der Waals surface area (Å²) in [6.07, 6.45) is 0. The zero-order chi connectivity index (χ0) is 20.4. The van der Waals surface area contributed by atoms with Gasteiger partial charge in [0, 0.05) is 13.1 Å². The molecule has 0 aliphatic rings. The Bertz CT molecular complexity index is 1020. The topological polar surface area (TPSA) is 67.2 Å². The molecular formula is C20H21BrN4O2S. The molecule has 0 saturated carbocycles. The zero-order valence-electron chi connectivity index (χ0n) is 16.1. The molecule has 2 amide bonds. The van der Waals surface area contributed by atoms with Gasteiger partial charge in [-0.2, -0.15) is 5.10 Å². The third-order valence-electron chi connectivity index (χ3n) is 4.06. The van der Waals surface area contributed by atoms with Crippen molar-refractivity contribution in [1.82, 2.24) is 14.7 Å². The maximum absolute atomic E-state index is 12.5. The Kier molecular flexibility index (Phi) is 6.00. The van der Waals surface area contributed by atoms with Gasteiger partial charge in [-0.05, 0) is 72.1 Å². The number of aryl methyl sites for hydroxylation is 3. The van der Waals surface area contributed by atoms with Crippen LogP contribution in [0.4, 0.5) is 5.82 Å². The van der Waals surface area contributed by atoms with E-state index in [9.17, 15) is 9.59 Å². The van der Waals surface area contributed by atoms with Crippen molar-refractivity contribution in [3.63, 3.8) is 0 Å². The van der Waals surface area contributed by atoms with Crippen molar-refractivity contribution >= 4 is 44.9 Å². The Morgan fingerprint density at radius 3 is 2.43 bits per heavy atom. The minimum Gasteiger partial charge on any atom is -0.332 e. The van der Waals surface area contributed by atoms with Gasteiger partial charge in [0.25, 0.3) is 5.91 Å². The average molecular weight is 461 g/mol. The molecule has 3 rings (SSSR count). The van der Waals surface area contributed by atoms with Crippen LogP contribution >= 0.6 is 27.3 Å². The molecule has 0 radical (unpaired) electrons. The van der Waals surface area contributed by atoms with E-state index < -0.39 is 0 Å². The summed E-state index contributed by atoms with van der Waals surface area (Å²) in [5.41, 5.74) is 3.91. The van der Waals surface area contributed by atoms with Gasteiger partial charge in [-0.25, -0.2) is 4.68 Å². The number of amides is 2. The van der Waals surface area contributed by atoms with Crippen molar-refractivity contribution in [2.45, 2.75) is 20.8 Å².